The van der Waals surface area contributed by atoms with Gasteiger partial charge in [0.25, 0.3) is 0 Å². The summed E-state index contributed by atoms with van der Waals surface area (Å²) >= 11 is 3.34. The normalized spacial score (nSPS) is 26.4. The van der Waals surface area contributed by atoms with Crippen molar-refractivity contribution >= 4 is 15.9 Å². The largest absolute Gasteiger partial charge is 0.485 e. The summed E-state index contributed by atoms with van der Waals surface area (Å²) in [6.07, 6.45) is -0.755. The summed E-state index contributed by atoms with van der Waals surface area (Å²) in [5, 5.41) is 9.45. The van der Waals surface area contributed by atoms with Crippen LogP contribution in [-0.2, 0) is 4.74 Å². The first kappa shape index (κ1) is 9.96. The lowest BCUT2D eigenvalue weighted by molar-refractivity contribution is 0.0733. The van der Waals surface area contributed by atoms with Gasteiger partial charge in [-0.25, -0.2) is 0 Å². The number of rotatable bonds is 2. The third-order valence-corrected chi connectivity index (χ3v) is 2.63. The highest BCUT2D eigenvalue weighted by molar-refractivity contribution is 9.10. The second kappa shape index (κ2) is 4.29. The summed E-state index contributed by atoms with van der Waals surface area (Å²) in [7, 11) is 0. The molecule has 1 N–H and O–H groups in total. The Labute approximate surface area is 90.8 Å². The predicted octanol–water partition coefficient (Wildman–Crippen LogP) is 1.59. The molecule has 1 aromatic carbocycles. The average molecular weight is 259 g/mol. The van der Waals surface area contributed by atoms with Gasteiger partial charge in [-0.15, -0.1) is 0 Å². The number of aliphatic hydroxyl groups excluding tert-OH is 1. The van der Waals surface area contributed by atoms with E-state index in [4.69, 9.17) is 9.47 Å². The van der Waals surface area contributed by atoms with E-state index in [-0.39, 0.29) is 6.10 Å². The number of halogens is 1. The van der Waals surface area contributed by atoms with Crippen molar-refractivity contribution in [1.29, 1.82) is 0 Å². The molecule has 0 bridgehead atoms. The second-order valence-electron chi connectivity index (χ2n) is 3.22. The van der Waals surface area contributed by atoms with E-state index >= 15 is 0 Å². The lowest BCUT2D eigenvalue weighted by Crippen LogP contribution is -2.29. The van der Waals surface area contributed by atoms with Gasteiger partial charge in [-0.1, -0.05) is 15.9 Å². The van der Waals surface area contributed by atoms with E-state index in [0.717, 1.165) is 10.2 Å². The Balaban J connectivity index is 2.00. The first-order valence-electron chi connectivity index (χ1n) is 4.44. The standard InChI is InChI=1S/C10H11BrO3/c11-7-1-3-8(4-2-7)14-10-6-13-5-9(10)12/h1-4,9-10,12H,5-6H2/t9-,10+/m0/s1. The molecular formula is C10H11BrO3. The molecule has 4 heteroatoms. The van der Waals surface area contributed by atoms with Gasteiger partial charge in [0, 0.05) is 4.47 Å². The fourth-order valence-corrected chi connectivity index (χ4v) is 1.59. The maximum atomic E-state index is 9.45. The van der Waals surface area contributed by atoms with Crippen molar-refractivity contribution < 1.29 is 14.6 Å². The molecule has 1 aromatic rings. The maximum absolute atomic E-state index is 9.45. The molecule has 2 rings (SSSR count). The zero-order valence-corrected chi connectivity index (χ0v) is 9.11. The van der Waals surface area contributed by atoms with Gasteiger partial charge >= 0.3 is 0 Å². The monoisotopic (exact) mass is 258 g/mol. The molecule has 2 atom stereocenters. The van der Waals surface area contributed by atoms with Crippen molar-refractivity contribution in [2.45, 2.75) is 12.2 Å². The van der Waals surface area contributed by atoms with Crippen LogP contribution in [0.5, 0.6) is 5.75 Å². The molecule has 1 saturated heterocycles. The van der Waals surface area contributed by atoms with E-state index in [2.05, 4.69) is 15.9 Å². The first-order chi connectivity index (χ1) is 6.75. The quantitative estimate of drug-likeness (QED) is 0.876. The Bertz CT molecular complexity index is 299. The fourth-order valence-electron chi connectivity index (χ4n) is 1.32. The Morgan fingerprint density at radius 1 is 1.29 bits per heavy atom. The summed E-state index contributed by atoms with van der Waals surface area (Å²) in [6.45, 7) is 0.818. The number of ether oxygens (including phenoxy) is 2. The van der Waals surface area contributed by atoms with Crippen LogP contribution in [0.15, 0.2) is 28.7 Å². The van der Waals surface area contributed by atoms with Crippen LogP contribution >= 0.6 is 15.9 Å². The zero-order chi connectivity index (χ0) is 9.97. The van der Waals surface area contributed by atoms with Gasteiger partial charge in [-0.05, 0) is 24.3 Å². The maximum Gasteiger partial charge on any atom is 0.150 e. The third-order valence-electron chi connectivity index (χ3n) is 2.10. The highest BCUT2D eigenvalue weighted by Gasteiger charge is 2.27. The summed E-state index contributed by atoms with van der Waals surface area (Å²) in [5.41, 5.74) is 0. The Kier molecular flexibility index (Phi) is 3.05. The van der Waals surface area contributed by atoms with Crippen LogP contribution in [0.25, 0.3) is 0 Å². The van der Waals surface area contributed by atoms with Crippen LogP contribution in [0, 0.1) is 0 Å². The molecule has 0 unspecified atom stereocenters. The Morgan fingerprint density at radius 3 is 2.57 bits per heavy atom. The van der Waals surface area contributed by atoms with E-state index in [1.54, 1.807) is 0 Å². The minimum absolute atomic E-state index is 0.240. The van der Waals surface area contributed by atoms with Gasteiger partial charge in [0.1, 0.15) is 18.0 Å². The van der Waals surface area contributed by atoms with Crippen LogP contribution in [0.4, 0.5) is 0 Å². The minimum atomic E-state index is -0.515. The van der Waals surface area contributed by atoms with Crippen molar-refractivity contribution in [2.24, 2.45) is 0 Å². The van der Waals surface area contributed by atoms with E-state index in [9.17, 15) is 5.11 Å². The molecule has 1 aliphatic heterocycles. The molecule has 0 saturated carbocycles. The molecule has 1 fully saturated rings. The van der Waals surface area contributed by atoms with Gasteiger partial charge in [-0.3, -0.25) is 0 Å². The molecule has 0 spiro atoms. The van der Waals surface area contributed by atoms with Crippen molar-refractivity contribution in [3.63, 3.8) is 0 Å². The lowest BCUT2D eigenvalue weighted by Gasteiger charge is -2.14. The van der Waals surface area contributed by atoms with Crippen molar-refractivity contribution in [1.82, 2.24) is 0 Å². The fraction of sp³-hybridized carbons (Fsp3) is 0.400. The van der Waals surface area contributed by atoms with Gasteiger partial charge in [0.15, 0.2) is 0 Å². The summed E-state index contributed by atoms with van der Waals surface area (Å²) in [5.74, 6) is 0.753. The van der Waals surface area contributed by atoms with Crippen molar-refractivity contribution in [2.75, 3.05) is 13.2 Å². The van der Waals surface area contributed by atoms with Gasteiger partial charge in [0.05, 0.1) is 13.2 Å². The Hall–Kier alpha value is -0.580. The van der Waals surface area contributed by atoms with Crippen molar-refractivity contribution in [3.8, 4) is 5.75 Å². The highest BCUT2D eigenvalue weighted by atomic mass is 79.9. The van der Waals surface area contributed by atoms with Crippen LogP contribution in [-0.4, -0.2) is 30.5 Å². The smallest absolute Gasteiger partial charge is 0.150 e. The molecule has 76 valence electrons. The summed E-state index contributed by atoms with van der Waals surface area (Å²) < 4.78 is 11.6. The van der Waals surface area contributed by atoms with Crippen LogP contribution in [0.2, 0.25) is 0 Å². The molecule has 1 heterocycles. The molecule has 14 heavy (non-hydrogen) atoms. The molecule has 3 nitrogen and oxygen atoms in total. The molecule has 0 aliphatic carbocycles. The number of aliphatic hydroxyl groups is 1. The van der Waals surface area contributed by atoms with Crippen LogP contribution < -0.4 is 4.74 Å². The van der Waals surface area contributed by atoms with E-state index < -0.39 is 6.10 Å². The molecular weight excluding hydrogens is 248 g/mol. The summed E-state index contributed by atoms with van der Waals surface area (Å²) in [6, 6.07) is 7.51. The number of hydrogen-bond acceptors (Lipinski definition) is 3. The SMILES string of the molecule is O[C@H]1COC[C@H]1Oc1ccc(Br)cc1. The molecule has 0 radical (unpaired) electrons. The van der Waals surface area contributed by atoms with E-state index in [1.165, 1.54) is 0 Å². The summed E-state index contributed by atoms with van der Waals surface area (Å²) in [4.78, 5) is 0. The predicted molar refractivity (Wildman–Crippen MR) is 55.4 cm³/mol. The highest BCUT2D eigenvalue weighted by Crippen LogP contribution is 2.19. The number of hydrogen-bond donors (Lipinski definition) is 1. The third kappa shape index (κ3) is 2.26. The molecule has 1 aliphatic rings. The van der Waals surface area contributed by atoms with Gasteiger partial charge in [0.2, 0.25) is 0 Å². The minimum Gasteiger partial charge on any atom is -0.485 e. The van der Waals surface area contributed by atoms with E-state index in [0.29, 0.717) is 13.2 Å². The number of benzene rings is 1. The van der Waals surface area contributed by atoms with Crippen molar-refractivity contribution in [3.05, 3.63) is 28.7 Å². The van der Waals surface area contributed by atoms with E-state index in [1.807, 2.05) is 24.3 Å². The van der Waals surface area contributed by atoms with Gasteiger partial charge in [-0.2, -0.15) is 0 Å². The first-order valence-corrected chi connectivity index (χ1v) is 5.23. The zero-order valence-electron chi connectivity index (χ0n) is 7.52. The second-order valence-corrected chi connectivity index (χ2v) is 4.13. The van der Waals surface area contributed by atoms with Crippen LogP contribution in [0.1, 0.15) is 0 Å². The Morgan fingerprint density at radius 2 is 2.00 bits per heavy atom. The average Bonchev–Trinajstić information content (AvgIpc) is 2.56. The van der Waals surface area contributed by atoms with Crippen LogP contribution in [0.3, 0.4) is 0 Å². The van der Waals surface area contributed by atoms with Gasteiger partial charge < -0.3 is 14.6 Å². The molecule has 0 amide bonds. The molecule has 0 aromatic heterocycles. The lowest BCUT2D eigenvalue weighted by atomic mass is 10.2. The topological polar surface area (TPSA) is 38.7 Å².